The van der Waals surface area contributed by atoms with Crippen LogP contribution in [-0.2, 0) is 33.4 Å². The van der Waals surface area contributed by atoms with Crippen LogP contribution in [0.3, 0.4) is 0 Å². The first-order valence-electron chi connectivity index (χ1n) is 16.5. The fraction of sp³-hybridized carbons (Fsp3) is 0.600. The monoisotopic (exact) mass is 637 g/mol. The molecule has 11 nitrogen and oxygen atoms in total. The van der Waals surface area contributed by atoms with Gasteiger partial charge in [-0.2, -0.15) is 0 Å². The summed E-state index contributed by atoms with van der Waals surface area (Å²) >= 11 is 0. The number of fused-ring (bicyclic) bond motifs is 2. The number of carbonyl (C=O) groups is 4. The number of aliphatic hydroxyl groups excluding tert-OH is 1. The molecule has 1 spiro atoms. The van der Waals surface area contributed by atoms with Crippen LogP contribution in [0.1, 0.15) is 64.0 Å². The summed E-state index contributed by atoms with van der Waals surface area (Å²) in [7, 11) is 1.52. The van der Waals surface area contributed by atoms with Crippen molar-refractivity contribution in [1.82, 2.24) is 15.1 Å². The van der Waals surface area contributed by atoms with Gasteiger partial charge in [-0.25, -0.2) is 0 Å². The normalized spacial score (nSPS) is 32.2. The maximum atomic E-state index is 14.5. The van der Waals surface area contributed by atoms with E-state index < -0.39 is 47.7 Å². The summed E-state index contributed by atoms with van der Waals surface area (Å²) in [6.45, 7) is 4.68. The summed E-state index contributed by atoms with van der Waals surface area (Å²) in [6, 6.07) is 7.36. The van der Waals surface area contributed by atoms with E-state index in [0.717, 1.165) is 12.8 Å². The summed E-state index contributed by atoms with van der Waals surface area (Å²) in [5.74, 6) is -3.29. The number of amides is 3. The fourth-order valence-corrected chi connectivity index (χ4v) is 7.33. The van der Waals surface area contributed by atoms with E-state index >= 15 is 0 Å². The van der Waals surface area contributed by atoms with Crippen molar-refractivity contribution >= 4 is 23.7 Å². The molecule has 5 rings (SSSR count). The average Bonchev–Trinajstić information content (AvgIpc) is 3.68. The first-order chi connectivity index (χ1) is 22.2. The van der Waals surface area contributed by atoms with Crippen LogP contribution in [0.25, 0.3) is 0 Å². The van der Waals surface area contributed by atoms with Crippen molar-refractivity contribution < 1.29 is 38.5 Å². The van der Waals surface area contributed by atoms with Gasteiger partial charge >= 0.3 is 5.97 Å². The Kier molecular flexibility index (Phi) is 11.0. The molecule has 0 saturated carbocycles. The number of allylic oxidation sites excluding steroid dienone is 1. The molecule has 7 atom stereocenters. The predicted octanol–water partition coefficient (Wildman–Crippen LogP) is 2.69. The second-order valence-electron chi connectivity index (χ2n) is 12.9. The van der Waals surface area contributed by atoms with E-state index in [4.69, 9.17) is 14.2 Å². The smallest absolute Gasteiger partial charge is 0.313 e. The molecule has 0 aliphatic carbocycles. The van der Waals surface area contributed by atoms with Gasteiger partial charge in [0.2, 0.25) is 17.7 Å². The van der Waals surface area contributed by atoms with E-state index in [1.54, 1.807) is 15.9 Å². The number of ether oxygens (including phenoxy) is 3. The SMILES string of the molecule is COC[C@H]1NC(=O)CC/C=C\CN(C(C)C)C(=O)[C@@H]2N(CCCCCCO)C(=O)[C@H]3[C@H](C(=O)O[C@@H]1c1ccccc1)[C@@H]1C=C[C@]23O1. The molecular formula is C35H47N3O8. The Labute approximate surface area is 270 Å². The van der Waals surface area contributed by atoms with Crippen LogP contribution in [0.15, 0.2) is 54.6 Å². The largest absolute Gasteiger partial charge is 0.455 e. The quantitative estimate of drug-likeness (QED) is 0.227. The van der Waals surface area contributed by atoms with Crippen molar-refractivity contribution in [3.63, 3.8) is 0 Å². The molecule has 0 unspecified atom stereocenters. The van der Waals surface area contributed by atoms with E-state index in [1.165, 1.54) is 7.11 Å². The van der Waals surface area contributed by atoms with Gasteiger partial charge < -0.3 is 34.4 Å². The Balaban J connectivity index is 1.55. The minimum absolute atomic E-state index is 0.0925. The second kappa shape index (κ2) is 14.9. The molecule has 5 bridgehead atoms. The molecule has 2 saturated heterocycles. The molecule has 3 amide bonds. The number of carbonyl (C=O) groups excluding carboxylic acids is 4. The Morgan fingerprint density at radius 2 is 1.80 bits per heavy atom. The molecule has 46 heavy (non-hydrogen) atoms. The van der Waals surface area contributed by atoms with Gasteiger partial charge in [-0.1, -0.05) is 67.5 Å². The summed E-state index contributed by atoms with van der Waals surface area (Å²) in [5.41, 5.74) is -0.630. The van der Waals surface area contributed by atoms with Gasteiger partial charge in [0.25, 0.3) is 0 Å². The number of methoxy groups -OCH3 is 1. The molecular weight excluding hydrogens is 590 g/mol. The Morgan fingerprint density at radius 1 is 1.04 bits per heavy atom. The number of cyclic esters (lactones) is 1. The summed E-state index contributed by atoms with van der Waals surface area (Å²) in [4.78, 5) is 59.5. The molecule has 4 heterocycles. The number of unbranched alkanes of at least 4 members (excludes halogenated alkanes) is 3. The lowest BCUT2D eigenvalue weighted by Gasteiger charge is -2.37. The number of aliphatic hydroxyl groups is 1. The number of hydrogen-bond acceptors (Lipinski definition) is 8. The Hall–Kier alpha value is -3.54. The maximum absolute atomic E-state index is 14.5. The zero-order valence-electron chi connectivity index (χ0n) is 27.0. The van der Waals surface area contributed by atoms with Gasteiger partial charge in [0.1, 0.15) is 23.7 Å². The first kappa shape index (κ1) is 33.8. The van der Waals surface area contributed by atoms with Crippen LogP contribution in [-0.4, -0.2) is 102 Å². The van der Waals surface area contributed by atoms with Gasteiger partial charge in [0.15, 0.2) is 0 Å². The highest BCUT2D eigenvalue weighted by Gasteiger charge is 2.73. The minimum Gasteiger partial charge on any atom is -0.455 e. The molecule has 4 aliphatic rings. The van der Waals surface area contributed by atoms with E-state index in [2.05, 4.69) is 5.32 Å². The highest BCUT2D eigenvalue weighted by atomic mass is 16.6. The first-order valence-corrected chi connectivity index (χ1v) is 16.5. The zero-order valence-corrected chi connectivity index (χ0v) is 27.0. The number of rotatable bonds is 10. The van der Waals surface area contributed by atoms with Crippen LogP contribution in [0, 0.1) is 11.8 Å². The van der Waals surface area contributed by atoms with Crippen molar-refractivity contribution in [2.24, 2.45) is 11.8 Å². The maximum Gasteiger partial charge on any atom is 0.313 e. The van der Waals surface area contributed by atoms with Crippen LogP contribution in [0.5, 0.6) is 0 Å². The molecule has 4 aliphatic heterocycles. The number of likely N-dealkylation sites (tertiary alicyclic amines) is 1. The zero-order chi connectivity index (χ0) is 32.8. The van der Waals surface area contributed by atoms with Crippen LogP contribution in [0.4, 0.5) is 0 Å². The van der Waals surface area contributed by atoms with Crippen LogP contribution < -0.4 is 5.32 Å². The molecule has 1 aromatic rings. The van der Waals surface area contributed by atoms with Gasteiger partial charge in [-0.05, 0) is 38.7 Å². The highest BCUT2D eigenvalue weighted by Crippen LogP contribution is 2.56. The van der Waals surface area contributed by atoms with Crippen molar-refractivity contribution in [3.8, 4) is 0 Å². The van der Waals surface area contributed by atoms with Crippen molar-refractivity contribution in [3.05, 3.63) is 60.2 Å². The second-order valence-corrected chi connectivity index (χ2v) is 12.9. The van der Waals surface area contributed by atoms with Gasteiger partial charge in [0, 0.05) is 39.3 Å². The molecule has 0 radical (unpaired) electrons. The average molecular weight is 638 g/mol. The van der Waals surface area contributed by atoms with Crippen molar-refractivity contribution in [2.45, 2.75) is 88.3 Å². The molecule has 11 heteroatoms. The van der Waals surface area contributed by atoms with E-state index in [-0.39, 0.29) is 43.4 Å². The van der Waals surface area contributed by atoms with Gasteiger partial charge in [0.05, 0.1) is 24.7 Å². The van der Waals surface area contributed by atoms with E-state index in [0.29, 0.717) is 37.9 Å². The molecule has 0 aromatic heterocycles. The fourth-order valence-electron chi connectivity index (χ4n) is 7.33. The molecule has 250 valence electrons. The Bertz CT molecular complexity index is 1320. The van der Waals surface area contributed by atoms with Gasteiger partial charge in [-0.3, -0.25) is 19.2 Å². The predicted molar refractivity (Wildman–Crippen MR) is 169 cm³/mol. The van der Waals surface area contributed by atoms with Crippen molar-refractivity contribution in [2.75, 3.05) is 33.4 Å². The lowest BCUT2D eigenvalue weighted by Crippen LogP contribution is -2.57. The minimum atomic E-state index is -1.30. The van der Waals surface area contributed by atoms with Crippen molar-refractivity contribution in [1.29, 1.82) is 0 Å². The lowest BCUT2D eigenvalue weighted by atomic mass is 9.74. The third kappa shape index (κ3) is 6.63. The highest BCUT2D eigenvalue weighted by molar-refractivity contribution is 5.99. The van der Waals surface area contributed by atoms with Gasteiger partial charge in [-0.15, -0.1) is 0 Å². The molecule has 2 N–H and O–H groups in total. The third-order valence-electron chi connectivity index (χ3n) is 9.53. The third-order valence-corrected chi connectivity index (χ3v) is 9.53. The summed E-state index contributed by atoms with van der Waals surface area (Å²) in [6.07, 6.45) is 9.29. The Morgan fingerprint density at radius 3 is 2.52 bits per heavy atom. The van der Waals surface area contributed by atoms with E-state index in [9.17, 15) is 24.3 Å². The standard InChI is InChI=1S/C35H47N3O8/c1-23(2)37-19-12-7-10-16-27(40)36-25(22-44-3)30(24-14-8-6-9-15-24)45-34(43)28-26-17-18-35(46-26)29(28)32(41)38(31(35)33(37)42)20-11-4-5-13-21-39/h6-9,12,14-15,17-18,23,25-26,28-31,39H,4-5,10-11,13,16,19-22H2,1-3H3,(H,36,40)/b12-7-/t25-,26+,28-,29-,30-,31+,35-/m1/s1. The summed E-state index contributed by atoms with van der Waals surface area (Å²) < 4.78 is 18.2. The van der Waals surface area contributed by atoms with Crippen LogP contribution >= 0.6 is 0 Å². The molecule has 2 fully saturated rings. The molecule has 1 aromatic carbocycles. The van der Waals surface area contributed by atoms with Crippen LogP contribution in [0.2, 0.25) is 0 Å². The van der Waals surface area contributed by atoms with E-state index in [1.807, 2.05) is 62.4 Å². The number of hydrogen-bond donors (Lipinski definition) is 2. The topological polar surface area (TPSA) is 135 Å². The summed E-state index contributed by atoms with van der Waals surface area (Å²) in [5, 5.41) is 12.2. The number of nitrogens with zero attached hydrogens (tertiary/aromatic N) is 2. The number of esters is 1. The lowest BCUT2D eigenvalue weighted by molar-refractivity contribution is -0.162. The number of nitrogens with one attached hydrogen (secondary N) is 1. The number of benzene rings is 1.